The van der Waals surface area contributed by atoms with Gasteiger partial charge in [-0.05, 0) is 28.1 Å². The Balaban J connectivity index is 2.21. The third kappa shape index (κ3) is 1.58. The highest BCUT2D eigenvalue weighted by Gasteiger charge is 2.09. The van der Waals surface area contributed by atoms with E-state index < -0.39 is 0 Å². The van der Waals surface area contributed by atoms with Crippen molar-refractivity contribution < 1.29 is 4.42 Å². The lowest BCUT2D eigenvalue weighted by molar-refractivity contribution is 0.531. The number of fused-ring (bicyclic) bond motifs is 1. The SMILES string of the molecule is O=c1c(=Cc2ccc(Br)o2)sc2n1CCN=2. The van der Waals surface area contributed by atoms with E-state index in [0.29, 0.717) is 28.1 Å². The normalized spacial score (nSPS) is 15.2. The van der Waals surface area contributed by atoms with Gasteiger partial charge in [-0.3, -0.25) is 14.4 Å². The first kappa shape index (κ1) is 10.0. The first-order valence-corrected chi connectivity index (χ1v) is 6.36. The summed E-state index contributed by atoms with van der Waals surface area (Å²) >= 11 is 4.63. The second kappa shape index (κ2) is 3.71. The Morgan fingerprint density at radius 3 is 3.12 bits per heavy atom. The van der Waals surface area contributed by atoms with Crippen LogP contribution < -0.4 is 14.9 Å². The van der Waals surface area contributed by atoms with Crippen molar-refractivity contribution in [2.45, 2.75) is 6.54 Å². The van der Waals surface area contributed by atoms with Gasteiger partial charge in [-0.25, -0.2) is 0 Å². The molecule has 0 spiro atoms. The fourth-order valence-corrected chi connectivity index (χ4v) is 2.93. The van der Waals surface area contributed by atoms with Crippen molar-refractivity contribution in [3.05, 3.63) is 42.3 Å². The minimum absolute atomic E-state index is 0.0220. The van der Waals surface area contributed by atoms with Crippen molar-refractivity contribution in [1.82, 2.24) is 4.57 Å². The molecule has 0 atom stereocenters. The number of nitrogens with zero attached hydrogens (tertiary/aromatic N) is 2. The predicted molar refractivity (Wildman–Crippen MR) is 64.2 cm³/mol. The molecule has 3 heterocycles. The van der Waals surface area contributed by atoms with Gasteiger partial charge >= 0.3 is 0 Å². The molecule has 0 N–H and O–H groups in total. The van der Waals surface area contributed by atoms with Gasteiger partial charge in [0.25, 0.3) is 5.56 Å². The van der Waals surface area contributed by atoms with Crippen molar-refractivity contribution in [3.63, 3.8) is 0 Å². The van der Waals surface area contributed by atoms with Crippen molar-refractivity contribution >= 4 is 33.3 Å². The van der Waals surface area contributed by atoms with Crippen molar-refractivity contribution in [2.75, 3.05) is 6.54 Å². The summed E-state index contributed by atoms with van der Waals surface area (Å²) in [6, 6.07) is 3.62. The summed E-state index contributed by atoms with van der Waals surface area (Å²) in [4.78, 5) is 17.0. The average molecular weight is 299 g/mol. The molecule has 2 aromatic heterocycles. The van der Waals surface area contributed by atoms with Crippen LogP contribution in [0.25, 0.3) is 6.08 Å². The number of hydrogen-bond acceptors (Lipinski definition) is 4. The average Bonchev–Trinajstić information content (AvgIpc) is 2.90. The molecular weight excluding hydrogens is 292 g/mol. The third-order valence-corrected chi connectivity index (χ3v) is 3.80. The number of rotatable bonds is 1. The maximum Gasteiger partial charge on any atom is 0.270 e. The molecule has 3 rings (SSSR count). The van der Waals surface area contributed by atoms with Crippen LogP contribution in [0.2, 0.25) is 0 Å². The zero-order valence-corrected chi connectivity index (χ0v) is 10.5. The van der Waals surface area contributed by atoms with Crippen molar-refractivity contribution in [2.24, 2.45) is 4.99 Å². The van der Waals surface area contributed by atoms with E-state index in [1.54, 1.807) is 16.7 Å². The summed E-state index contributed by atoms with van der Waals surface area (Å²) in [5.74, 6) is 0.671. The minimum atomic E-state index is 0.0220. The van der Waals surface area contributed by atoms with Crippen molar-refractivity contribution in [1.29, 1.82) is 0 Å². The molecule has 0 saturated heterocycles. The van der Waals surface area contributed by atoms with E-state index in [1.807, 2.05) is 6.07 Å². The van der Waals surface area contributed by atoms with Crippen LogP contribution in [-0.4, -0.2) is 11.1 Å². The number of aromatic nitrogens is 1. The monoisotopic (exact) mass is 298 g/mol. The van der Waals surface area contributed by atoms with Gasteiger partial charge in [0.05, 0.1) is 11.1 Å². The summed E-state index contributed by atoms with van der Waals surface area (Å²) in [7, 11) is 0. The fraction of sp³-hybridized carbons (Fsp3) is 0.200. The molecule has 1 aliphatic rings. The van der Waals surface area contributed by atoms with Crippen LogP contribution in [0.4, 0.5) is 0 Å². The molecule has 0 aliphatic carbocycles. The Bertz CT molecular complexity index is 710. The Morgan fingerprint density at radius 1 is 1.56 bits per heavy atom. The molecular formula is C10H7BrN2O2S. The van der Waals surface area contributed by atoms with E-state index in [0.717, 1.165) is 4.80 Å². The summed E-state index contributed by atoms with van der Waals surface area (Å²) in [6.07, 6.45) is 1.75. The Labute approximate surface area is 103 Å². The van der Waals surface area contributed by atoms with E-state index in [9.17, 15) is 4.79 Å². The third-order valence-electron chi connectivity index (χ3n) is 2.33. The van der Waals surface area contributed by atoms with E-state index in [2.05, 4.69) is 20.9 Å². The summed E-state index contributed by atoms with van der Waals surface area (Å²) in [6.45, 7) is 1.41. The molecule has 16 heavy (non-hydrogen) atoms. The Hall–Kier alpha value is -1.14. The van der Waals surface area contributed by atoms with E-state index in [1.165, 1.54) is 11.3 Å². The lowest BCUT2D eigenvalue weighted by atomic mass is 10.4. The molecule has 0 aromatic carbocycles. The molecule has 4 nitrogen and oxygen atoms in total. The molecule has 2 aromatic rings. The van der Waals surface area contributed by atoms with Gasteiger partial charge in [-0.2, -0.15) is 0 Å². The van der Waals surface area contributed by atoms with E-state index in [-0.39, 0.29) is 5.56 Å². The van der Waals surface area contributed by atoms with Gasteiger partial charge in [-0.1, -0.05) is 11.3 Å². The highest BCUT2D eigenvalue weighted by atomic mass is 79.9. The maximum atomic E-state index is 11.9. The Kier molecular flexibility index (Phi) is 2.33. The molecule has 0 unspecified atom stereocenters. The molecule has 0 bridgehead atoms. The molecule has 6 heteroatoms. The van der Waals surface area contributed by atoms with Crippen LogP contribution in [0.15, 0.2) is 31.0 Å². The standard InChI is InChI=1S/C10H7BrN2O2S/c11-8-2-1-6(15-8)5-7-9(14)13-4-3-12-10(13)16-7/h1-2,5H,3-4H2. The first-order chi connectivity index (χ1) is 7.74. The second-order valence-corrected chi connectivity index (χ2v) is 5.16. The lowest BCUT2D eigenvalue weighted by Gasteiger charge is -1.86. The van der Waals surface area contributed by atoms with Gasteiger partial charge in [0.1, 0.15) is 5.76 Å². The zero-order valence-electron chi connectivity index (χ0n) is 8.14. The van der Waals surface area contributed by atoms with Gasteiger partial charge in [0.15, 0.2) is 9.47 Å². The topological polar surface area (TPSA) is 47.5 Å². The number of hydrogen-bond donors (Lipinski definition) is 0. The smallest absolute Gasteiger partial charge is 0.270 e. The molecule has 0 saturated carbocycles. The molecule has 0 fully saturated rings. The van der Waals surface area contributed by atoms with Gasteiger partial charge in [-0.15, -0.1) is 0 Å². The number of furan rings is 1. The van der Waals surface area contributed by atoms with Gasteiger partial charge in [0.2, 0.25) is 0 Å². The Morgan fingerprint density at radius 2 is 2.44 bits per heavy atom. The molecule has 82 valence electrons. The quantitative estimate of drug-likeness (QED) is 0.779. The summed E-state index contributed by atoms with van der Waals surface area (Å²) < 4.78 is 8.36. The predicted octanol–water partition coefficient (Wildman–Crippen LogP) is 0.727. The number of thiazole rings is 1. The molecule has 0 radical (unpaired) electrons. The minimum Gasteiger partial charge on any atom is -0.450 e. The second-order valence-electron chi connectivity index (χ2n) is 3.37. The van der Waals surface area contributed by atoms with E-state index >= 15 is 0 Å². The highest BCUT2D eigenvalue weighted by Crippen LogP contribution is 2.14. The van der Waals surface area contributed by atoms with Crippen LogP contribution in [0.5, 0.6) is 0 Å². The lowest BCUT2D eigenvalue weighted by Crippen LogP contribution is -2.29. The first-order valence-electron chi connectivity index (χ1n) is 4.75. The van der Waals surface area contributed by atoms with Crippen LogP contribution in [0.3, 0.4) is 0 Å². The summed E-state index contributed by atoms with van der Waals surface area (Å²) in [5, 5.41) is 0. The van der Waals surface area contributed by atoms with Gasteiger partial charge < -0.3 is 4.42 Å². The fourth-order valence-electron chi connectivity index (χ4n) is 1.60. The maximum absolute atomic E-state index is 11.9. The van der Waals surface area contributed by atoms with Crippen molar-refractivity contribution in [3.8, 4) is 0 Å². The van der Waals surface area contributed by atoms with Gasteiger partial charge in [0, 0.05) is 12.6 Å². The summed E-state index contributed by atoms with van der Waals surface area (Å²) in [5.41, 5.74) is 0.0220. The number of halogens is 1. The van der Waals surface area contributed by atoms with Crippen LogP contribution in [0.1, 0.15) is 5.76 Å². The van der Waals surface area contributed by atoms with Crippen LogP contribution in [-0.2, 0) is 6.54 Å². The molecule has 0 amide bonds. The zero-order chi connectivity index (χ0) is 11.1. The molecule has 1 aliphatic heterocycles. The van der Waals surface area contributed by atoms with Crippen LogP contribution in [0, 0.1) is 0 Å². The van der Waals surface area contributed by atoms with Crippen LogP contribution >= 0.6 is 27.3 Å². The van der Waals surface area contributed by atoms with E-state index in [4.69, 9.17) is 4.42 Å². The highest BCUT2D eigenvalue weighted by molar-refractivity contribution is 9.10. The largest absolute Gasteiger partial charge is 0.450 e.